The van der Waals surface area contributed by atoms with Crippen LogP contribution in [0.1, 0.15) is 83.7 Å². The molecule has 5 bridgehead atoms. The SMILES string of the molecule is COC1/C=C/OC2(C)Oc3c(C)c(O)c4c(O)c(c(N5CCCCC5)c(O)c4c3C2=O)NC(=O)/C(C)=C\C=C\C(C)C(O)C(C)C(O)C(C)C(OC(C)=O)C1C. The Bertz CT molecular complexity index is 1950. The molecule has 0 aliphatic carbocycles. The molecule has 56 heavy (non-hydrogen) atoms. The molecule has 9 unspecified atom stereocenters. The fourth-order valence-corrected chi connectivity index (χ4v) is 8.13. The van der Waals surface area contributed by atoms with Crippen LogP contribution in [-0.2, 0) is 23.8 Å². The maximum Gasteiger partial charge on any atom is 0.312 e. The summed E-state index contributed by atoms with van der Waals surface area (Å²) >= 11 is 0. The number of amides is 1. The van der Waals surface area contributed by atoms with E-state index >= 15 is 0 Å². The molecule has 0 saturated carbocycles. The van der Waals surface area contributed by atoms with E-state index in [1.54, 1.807) is 46.8 Å². The molecule has 14 nitrogen and oxygen atoms in total. The maximum atomic E-state index is 14.4. The number of ether oxygens (including phenoxy) is 4. The van der Waals surface area contributed by atoms with Gasteiger partial charge in [-0.3, -0.25) is 14.4 Å². The van der Waals surface area contributed by atoms with E-state index in [0.29, 0.717) is 13.1 Å². The Balaban J connectivity index is 1.71. The zero-order chi connectivity index (χ0) is 41.4. The van der Waals surface area contributed by atoms with Crippen molar-refractivity contribution in [2.75, 3.05) is 30.4 Å². The number of phenolic OH excluding ortho intramolecular Hbond substituents is 3. The van der Waals surface area contributed by atoms with Crippen molar-refractivity contribution in [3.63, 3.8) is 0 Å². The first kappa shape index (κ1) is 42.4. The number of hydrogen-bond acceptors (Lipinski definition) is 13. The van der Waals surface area contributed by atoms with Gasteiger partial charge in [0.1, 0.15) is 34.7 Å². The summed E-state index contributed by atoms with van der Waals surface area (Å²) in [6.07, 6.45) is 6.23. The van der Waals surface area contributed by atoms with Crippen LogP contribution in [0.3, 0.4) is 0 Å². The lowest BCUT2D eigenvalue weighted by atomic mass is 9.78. The molecule has 1 saturated heterocycles. The van der Waals surface area contributed by atoms with E-state index in [9.17, 15) is 39.9 Å². The number of nitrogens with one attached hydrogen (secondary N) is 1. The van der Waals surface area contributed by atoms with Gasteiger partial charge in [0, 0.05) is 74.2 Å². The van der Waals surface area contributed by atoms with Gasteiger partial charge in [0.05, 0.1) is 35.5 Å². The number of phenols is 3. The third-order valence-electron chi connectivity index (χ3n) is 11.6. The van der Waals surface area contributed by atoms with E-state index in [1.165, 1.54) is 46.3 Å². The van der Waals surface area contributed by atoms with Gasteiger partial charge in [-0.25, -0.2) is 0 Å². The Hall–Kier alpha value is -4.79. The first-order valence-electron chi connectivity index (χ1n) is 19.2. The highest BCUT2D eigenvalue weighted by molar-refractivity contribution is 6.23. The lowest BCUT2D eigenvalue weighted by Gasteiger charge is -2.38. The van der Waals surface area contributed by atoms with Crippen molar-refractivity contribution < 1.29 is 58.9 Å². The highest BCUT2D eigenvalue weighted by Gasteiger charge is 2.50. The fraction of sp³-hybridized carbons (Fsp3) is 0.548. The van der Waals surface area contributed by atoms with Crippen LogP contribution in [0, 0.1) is 30.6 Å². The van der Waals surface area contributed by atoms with Gasteiger partial charge in [0.2, 0.25) is 0 Å². The lowest BCUT2D eigenvalue weighted by molar-refractivity contribution is -0.160. The van der Waals surface area contributed by atoms with Crippen molar-refractivity contribution in [1.82, 2.24) is 0 Å². The van der Waals surface area contributed by atoms with Gasteiger partial charge in [-0.05, 0) is 39.2 Å². The number of methoxy groups -OCH3 is 1. The van der Waals surface area contributed by atoms with Gasteiger partial charge in [-0.2, -0.15) is 0 Å². The molecule has 2 aromatic carbocycles. The minimum absolute atomic E-state index is 0.0528. The van der Waals surface area contributed by atoms with Crippen LogP contribution in [0.5, 0.6) is 23.0 Å². The van der Waals surface area contributed by atoms with Crippen molar-refractivity contribution in [3.05, 3.63) is 47.3 Å². The molecule has 6 N–H and O–H groups in total. The van der Waals surface area contributed by atoms with Crippen LogP contribution in [0.15, 0.2) is 36.1 Å². The van der Waals surface area contributed by atoms with Gasteiger partial charge in [0.25, 0.3) is 11.7 Å². The number of piperidine rings is 1. The number of carbonyl (C=O) groups excluding carboxylic acids is 3. The number of fused-ring (bicyclic) bond motifs is 14. The second-order valence-corrected chi connectivity index (χ2v) is 15.6. The largest absolute Gasteiger partial charge is 0.507 e. The van der Waals surface area contributed by atoms with Gasteiger partial charge in [0.15, 0.2) is 5.75 Å². The standard InChI is InChI=1S/C42H56N2O12/c1-20-14-13-15-21(2)41(52)43-31-32(44-17-11-10-12-18-44)37(50)28-29(36(31)49)35(48)25(6)39-30(28)40(51)42(8,56-39)54-19-16-27(53-9)22(3)38(55-26(7)45)24(5)34(47)23(4)33(20)46/h13-16,19-20,22-24,27,33-34,38,46-50H,10-12,17-18H2,1-9H3,(H,43,52)/b14-13+,19-16+,21-15-. The molecule has 0 radical (unpaired) electrons. The number of ketones is 1. The van der Waals surface area contributed by atoms with E-state index in [-0.39, 0.29) is 44.6 Å². The number of carbonyl (C=O) groups is 3. The molecule has 4 aliphatic rings. The van der Waals surface area contributed by atoms with Crippen LogP contribution < -0.4 is 15.0 Å². The van der Waals surface area contributed by atoms with Gasteiger partial charge in [-0.1, -0.05) is 45.9 Å². The van der Waals surface area contributed by atoms with Crippen molar-refractivity contribution >= 4 is 39.8 Å². The van der Waals surface area contributed by atoms with Crippen molar-refractivity contribution in [1.29, 1.82) is 0 Å². The zero-order valence-electron chi connectivity index (χ0n) is 33.6. The second kappa shape index (κ2) is 16.7. The Labute approximate surface area is 327 Å². The molecule has 6 rings (SSSR count). The molecule has 9 atom stereocenters. The molecular weight excluding hydrogens is 724 g/mol. The molecule has 306 valence electrons. The molecule has 4 aliphatic heterocycles. The minimum Gasteiger partial charge on any atom is -0.507 e. The topological polar surface area (TPSA) is 205 Å². The quantitative estimate of drug-likeness (QED) is 0.125. The fourth-order valence-electron chi connectivity index (χ4n) is 8.13. The molecule has 14 heteroatoms. The second-order valence-electron chi connectivity index (χ2n) is 15.6. The summed E-state index contributed by atoms with van der Waals surface area (Å²) in [5, 5.41) is 60.8. The average Bonchev–Trinajstić information content (AvgIpc) is 3.43. The molecule has 4 heterocycles. The first-order valence-corrected chi connectivity index (χ1v) is 19.2. The molecule has 1 amide bonds. The number of nitrogens with zero attached hydrogens (tertiary/aromatic N) is 1. The van der Waals surface area contributed by atoms with Crippen LogP contribution in [0.4, 0.5) is 11.4 Å². The number of allylic oxidation sites excluding steroid dienone is 2. The van der Waals surface area contributed by atoms with Crippen molar-refractivity contribution in [3.8, 4) is 23.0 Å². The predicted molar refractivity (Wildman–Crippen MR) is 210 cm³/mol. The number of anilines is 2. The van der Waals surface area contributed by atoms with Gasteiger partial charge < -0.3 is 54.7 Å². The average molecular weight is 781 g/mol. The van der Waals surface area contributed by atoms with E-state index in [2.05, 4.69) is 5.32 Å². The third kappa shape index (κ3) is 7.78. The number of aliphatic hydroxyl groups is 2. The Morgan fingerprint density at radius 1 is 0.911 bits per heavy atom. The van der Waals surface area contributed by atoms with Crippen LogP contribution in [-0.4, -0.2) is 93.6 Å². The number of rotatable bonds is 3. The normalized spacial score (nSPS) is 32.6. The Morgan fingerprint density at radius 3 is 2.20 bits per heavy atom. The number of esters is 1. The summed E-state index contributed by atoms with van der Waals surface area (Å²) in [5.41, 5.74) is 0.139. The molecule has 0 spiro atoms. The van der Waals surface area contributed by atoms with E-state index < -0.39 is 88.8 Å². The molecular formula is C42H56N2O12. The highest BCUT2D eigenvalue weighted by atomic mass is 16.7. The van der Waals surface area contributed by atoms with Crippen molar-refractivity contribution in [2.45, 2.75) is 105 Å². The summed E-state index contributed by atoms with van der Waals surface area (Å²) < 4.78 is 23.6. The van der Waals surface area contributed by atoms with Crippen LogP contribution in [0.25, 0.3) is 10.8 Å². The summed E-state index contributed by atoms with van der Waals surface area (Å²) in [6.45, 7) is 13.6. The van der Waals surface area contributed by atoms with Crippen LogP contribution >= 0.6 is 0 Å². The highest BCUT2D eigenvalue weighted by Crippen LogP contribution is 2.58. The van der Waals surface area contributed by atoms with E-state index in [4.69, 9.17) is 18.9 Å². The summed E-state index contributed by atoms with van der Waals surface area (Å²) in [6, 6.07) is 0. The number of Topliss-reactive ketones (excluding diaryl/α,β-unsaturated/α-hetero) is 1. The van der Waals surface area contributed by atoms with E-state index in [0.717, 1.165) is 19.3 Å². The maximum absolute atomic E-state index is 14.4. The first-order chi connectivity index (χ1) is 26.4. The third-order valence-corrected chi connectivity index (χ3v) is 11.6. The molecule has 0 aromatic heterocycles. The van der Waals surface area contributed by atoms with Crippen molar-refractivity contribution in [2.24, 2.45) is 23.7 Å². The number of aliphatic hydroxyl groups excluding tert-OH is 2. The Morgan fingerprint density at radius 2 is 1.57 bits per heavy atom. The lowest BCUT2D eigenvalue weighted by Crippen LogP contribution is -2.46. The number of benzene rings is 2. The van der Waals surface area contributed by atoms with Gasteiger partial charge in [-0.15, -0.1) is 0 Å². The van der Waals surface area contributed by atoms with Gasteiger partial charge >= 0.3 is 11.8 Å². The molecule has 2 aromatic rings. The summed E-state index contributed by atoms with van der Waals surface area (Å²) in [4.78, 5) is 42.3. The Kier molecular flexibility index (Phi) is 12.7. The monoisotopic (exact) mass is 780 g/mol. The number of aromatic hydroxyl groups is 3. The minimum atomic E-state index is -2.00. The molecule has 1 fully saturated rings. The summed E-state index contributed by atoms with van der Waals surface area (Å²) in [5.74, 6) is -7.82. The van der Waals surface area contributed by atoms with Crippen LogP contribution in [0.2, 0.25) is 0 Å². The zero-order valence-corrected chi connectivity index (χ0v) is 33.6. The predicted octanol–water partition coefficient (Wildman–Crippen LogP) is 5.74. The number of hydrogen-bond donors (Lipinski definition) is 6. The summed E-state index contributed by atoms with van der Waals surface area (Å²) in [7, 11) is 1.45. The smallest absolute Gasteiger partial charge is 0.312 e. The van der Waals surface area contributed by atoms with E-state index in [1.807, 2.05) is 4.90 Å².